The van der Waals surface area contributed by atoms with Crippen molar-refractivity contribution in [2.45, 2.75) is 11.8 Å². The third-order valence-electron chi connectivity index (χ3n) is 2.55. The Hall–Kier alpha value is -1.83. The predicted molar refractivity (Wildman–Crippen MR) is 85.0 cm³/mol. The van der Waals surface area contributed by atoms with Gasteiger partial charge >= 0.3 is 0 Å². The lowest BCUT2D eigenvalue weighted by molar-refractivity contribution is -0.117. The van der Waals surface area contributed by atoms with Gasteiger partial charge < -0.3 is 5.32 Å². The summed E-state index contributed by atoms with van der Waals surface area (Å²) in [6.45, 7) is 1.11. The molecule has 0 aliphatic rings. The molecule has 0 aliphatic heterocycles. The summed E-state index contributed by atoms with van der Waals surface area (Å²) < 4.78 is 26.1. The van der Waals surface area contributed by atoms with Crippen LogP contribution in [0.4, 0.5) is 11.4 Å². The second-order valence-electron chi connectivity index (χ2n) is 4.28. The molecule has 0 atom stereocenters. The Morgan fingerprint density at radius 2 is 1.91 bits per heavy atom. The zero-order chi connectivity index (χ0) is 16.3. The number of carbonyl (C=O) groups excluding carboxylic acids is 1. The molecule has 2 rings (SSSR count). The van der Waals surface area contributed by atoms with E-state index in [-0.39, 0.29) is 10.6 Å². The van der Waals surface area contributed by atoms with E-state index in [1.165, 1.54) is 18.3 Å². The average molecular weight is 360 g/mol. The molecule has 2 aromatic rings. The van der Waals surface area contributed by atoms with Crippen LogP contribution in [0.2, 0.25) is 10.0 Å². The van der Waals surface area contributed by atoms with Gasteiger partial charge in [-0.15, -0.1) is 0 Å². The Kier molecular flexibility index (Phi) is 4.90. The van der Waals surface area contributed by atoms with E-state index in [0.29, 0.717) is 15.7 Å². The number of hydrogen-bond donors (Lipinski definition) is 2. The molecular weight excluding hydrogens is 349 g/mol. The molecule has 0 unspecified atom stereocenters. The van der Waals surface area contributed by atoms with Crippen molar-refractivity contribution in [3.63, 3.8) is 0 Å². The molecule has 0 bridgehead atoms. The van der Waals surface area contributed by atoms with Crippen LogP contribution in [0.3, 0.4) is 0 Å². The van der Waals surface area contributed by atoms with Gasteiger partial charge in [0.25, 0.3) is 10.0 Å². The van der Waals surface area contributed by atoms with Crippen LogP contribution >= 0.6 is 23.2 Å². The van der Waals surface area contributed by atoms with Gasteiger partial charge in [0.1, 0.15) is 4.90 Å². The van der Waals surface area contributed by atoms with Crippen LogP contribution < -0.4 is 10.0 Å². The van der Waals surface area contributed by atoms with Crippen LogP contribution in [0.15, 0.2) is 41.6 Å². The topological polar surface area (TPSA) is 88.2 Å². The first kappa shape index (κ1) is 16.5. The number of halogens is 2. The molecule has 22 heavy (non-hydrogen) atoms. The summed E-state index contributed by atoms with van der Waals surface area (Å²) >= 11 is 11.9. The lowest BCUT2D eigenvalue weighted by Gasteiger charge is -2.13. The van der Waals surface area contributed by atoms with Crippen molar-refractivity contribution >= 4 is 50.5 Å². The number of hydrogen-bond acceptors (Lipinski definition) is 5. The Balaban J connectivity index is 2.43. The number of nitrogens with one attached hydrogen (secondary N) is 2. The summed E-state index contributed by atoms with van der Waals surface area (Å²) in [6.07, 6.45) is 2.55. The quantitative estimate of drug-likeness (QED) is 0.875. The Morgan fingerprint density at radius 3 is 2.55 bits per heavy atom. The van der Waals surface area contributed by atoms with E-state index in [1.54, 1.807) is 12.1 Å². The number of carbonyl (C=O) groups is 1. The first-order valence-electron chi connectivity index (χ1n) is 5.99. The van der Waals surface area contributed by atoms with Crippen molar-refractivity contribution in [3.05, 3.63) is 46.7 Å². The molecule has 1 aromatic carbocycles. The molecule has 0 spiro atoms. The number of benzene rings is 1. The third kappa shape index (κ3) is 3.88. The van der Waals surface area contributed by atoms with Crippen molar-refractivity contribution in [1.29, 1.82) is 0 Å². The van der Waals surface area contributed by atoms with Crippen molar-refractivity contribution in [2.75, 3.05) is 5.32 Å². The molecule has 0 saturated carbocycles. The molecule has 9 heteroatoms. The molecule has 116 valence electrons. The van der Waals surface area contributed by atoms with Crippen molar-refractivity contribution in [3.8, 4) is 0 Å². The molecule has 6 nitrogen and oxygen atoms in total. The first-order valence-corrected chi connectivity index (χ1v) is 8.23. The van der Waals surface area contributed by atoms with Crippen LogP contribution in [-0.4, -0.2) is 19.3 Å². The van der Waals surface area contributed by atoms with Gasteiger partial charge in [0, 0.05) is 24.3 Å². The summed E-state index contributed by atoms with van der Waals surface area (Å²) in [5.41, 5.74) is 0.699. The van der Waals surface area contributed by atoms with E-state index in [4.69, 9.17) is 23.2 Å². The molecule has 0 saturated heterocycles. The Bertz CT molecular complexity index is 825. The second kappa shape index (κ2) is 6.51. The molecule has 1 heterocycles. The number of aromatic nitrogens is 1. The van der Waals surface area contributed by atoms with E-state index in [2.05, 4.69) is 10.3 Å². The minimum Gasteiger partial charge on any atom is -0.353 e. The van der Waals surface area contributed by atoms with Crippen LogP contribution in [0.1, 0.15) is 6.92 Å². The normalized spacial score (nSPS) is 11.0. The highest BCUT2D eigenvalue weighted by Gasteiger charge is 2.20. The highest BCUT2D eigenvalue weighted by Crippen LogP contribution is 2.30. The Labute approximate surface area is 137 Å². The lowest BCUT2D eigenvalue weighted by Crippen LogP contribution is -2.28. The second-order valence-corrected chi connectivity index (χ2v) is 6.78. The fraction of sp³-hybridized carbons (Fsp3) is 0.0769. The highest BCUT2D eigenvalue weighted by atomic mass is 35.5. The molecule has 0 fully saturated rings. The van der Waals surface area contributed by atoms with Gasteiger partial charge in [-0.3, -0.25) is 9.78 Å². The first-order chi connectivity index (χ1) is 10.3. The van der Waals surface area contributed by atoms with Gasteiger partial charge in [0.15, 0.2) is 0 Å². The fourth-order valence-electron chi connectivity index (χ4n) is 1.68. The summed E-state index contributed by atoms with van der Waals surface area (Å²) in [4.78, 5) is 14.6. The maximum atomic E-state index is 12.1. The van der Waals surface area contributed by atoms with Gasteiger partial charge in [-0.25, -0.2) is 13.1 Å². The van der Waals surface area contributed by atoms with E-state index < -0.39 is 15.9 Å². The van der Waals surface area contributed by atoms with Gasteiger partial charge in [0.2, 0.25) is 5.91 Å². The summed E-state index contributed by atoms with van der Waals surface area (Å²) in [6, 6.07) is 6.20. The van der Waals surface area contributed by atoms with E-state index in [1.807, 2.05) is 4.72 Å². The van der Waals surface area contributed by atoms with Crippen LogP contribution in [-0.2, 0) is 14.8 Å². The summed E-state index contributed by atoms with van der Waals surface area (Å²) in [5, 5.41) is 3.67. The molecule has 1 aromatic heterocycles. The summed E-state index contributed by atoms with van der Waals surface area (Å²) in [7, 11) is -4.02. The number of amides is 1. The standard InChI is InChI=1S/C13H11Cl2N3O3S/c1-8(19)18-22(20,21)13-7-16-5-4-12(13)17-11-3-2-9(14)6-10(11)15/h2-7H,1H3,(H,16,17)(H,18,19). The SMILES string of the molecule is CC(=O)NS(=O)(=O)c1cnccc1Nc1ccc(Cl)cc1Cl. The monoisotopic (exact) mass is 359 g/mol. The molecule has 2 N–H and O–H groups in total. The Morgan fingerprint density at radius 1 is 1.18 bits per heavy atom. The van der Waals surface area contributed by atoms with E-state index >= 15 is 0 Å². The predicted octanol–water partition coefficient (Wildman–Crippen LogP) is 2.96. The average Bonchev–Trinajstić information content (AvgIpc) is 2.41. The summed E-state index contributed by atoms with van der Waals surface area (Å²) in [5.74, 6) is -0.695. The zero-order valence-electron chi connectivity index (χ0n) is 11.3. The number of pyridine rings is 1. The molecular formula is C13H11Cl2N3O3S. The van der Waals surface area contributed by atoms with E-state index in [0.717, 1.165) is 13.1 Å². The highest BCUT2D eigenvalue weighted by molar-refractivity contribution is 7.90. The maximum Gasteiger partial charge on any atom is 0.267 e. The van der Waals surface area contributed by atoms with Crippen LogP contribution in [0, 0.1) is 0 Å². The van der Waals surface area contributed by atoms with Crippen molar-refractivity contribution in [2.24, 2.45) is 0 Å². The maximum absolute atomic E-state index is 12.1. The van der Waals surface area contributed by atoms with Crippen LogP contribution in [0.25, 0.3) is 0 Å². The van der Waals surface area contributed by atoms with Gasteiger partial charge in [-0.2, -0.15) is 0 Å². The minimum absolute atomic E-state index is 0.170. The lowest BCUT2D eigenvalue weighted by atomic mass is 10.3. The van der Waals surface area contributed by atoms with Crippen molar-refractivity contribution < 1.29 is 13.2 Å². The largest absolute Gasteiger partial charge is 0.353 e. The minimum atomic E-state index is -4.02. The van der Waals surface area contributed by atoms with Gasteiger partial charge in [0.05, 0.1) is 16.4 Å². The smallest absolute Gasteiger partial charge is 0.267 e. The fourth-order valence-corrected chi connectivity index (χ4v) is 3.23. The van der Waals surface area contributed by atoms with E-state index in [9.17, 15) is 13.2 Å². The third-order valence-corrected chi connectivity index (χ3v) is 4.56. The number of rotatable bonds is 4. The molecule has 1 amide bonds. The van der Waals surface area contributed by atoms with Crippen LogP contribution in [0.5, 0.6) is 0 Å². The number of sulfonamides is 1. The van der Waals surface area contributed by atoms with Gasteiger partial charge in [-0.05, 0) is 24.3 Å². The van der Waals surface area contributed by atoms with Gasteiger partial charge in [-0.1, -0.05) is 23.2 Å². The number of nitrogens with zero attached hydrogens (tertiary/aromatic N) is 1. The molecule has 0 aliphatic carbocycles. The number of anilines is 2. The molecule has 0 radical (unpaired) electrons. The zero-order valence-corrected chi connectivity index (χ0v) is 13.6. The van der Waals surface area contributed by atoms with Crippen molar-refractivity contribution in [1.82, 2.24) is 9.71 Å².